The van der Waals surface area contributed by atoms with Gasteiger partial charge in [0.1, 0.15) is 11.6 Å². The van der Waals surface area contributed by atoms with Crippen molar-refractivity contribution in [3.8, 4) is 17.1 Å². The van der Waals surface area contributed by atoms with Gasteiger partial charge in [0.15, 0.2) is 0 Å². The summed E-state index contributed by atoms with van der Waals surface area (Å²) < 4.78 is 0. The summed E-state index contributed by atoms with van der Waals surface area (Å²) in [6.45, 7) is 1.31. The lowest BCUT2D eigenvalue weighted by Gasteiger charge is -2.27. The number of fused-ring (bicyclic) bond motifs is 1. The number of nitro benzene ring substituents is 1. The minimum absolute atomic E-state index is 0.00196. The highest BCUT2D eigenvalue weighted by atomic mass is 35.5. The summed E-state index contributed by atoms with van der Waals surface area (Å²) in [7, 11) is 0. The highest BCUT2D eigenvalue weighted by molar-refractivity contribution is 6.30. The Morgan fingerprint density at radius 2 is 2.00 bits per heavy atom. The third-order valence-electron chi connectivity index (χ3n) is 4.94. The van der Waals surface area contributed by atoms with Crippen LogP contribution in [0.1, 0.15) is 16.8 Å². The first kappa shape index (κ1) is 19.1. The molecule has 0 radical (unpaired) electrons. The molecule has 0 fully saturated rings. The zero-order valence-corrected chi connectivity index (χ0v) is 16.0. The summed E-state index contributed by atoms with van der Waals surface area (Å²) in [6.07, 6.45) is 0.508. The van der Waals surface area contributed by atoms with Crippen LogP contribution in [0.3, 0.4) is 0 Å². The van der Waals surface area contributed by atoms with E-state index in [2.05, 4.69) is 9.97 Å². The Labute approximate surface area is 170 Å². The molecule has 0 saturated heterocycles. The third kappa shape index (κ3) is 3.98. The number of halogens is 1. The fraction of sp³-hybridized carbons (Fsp3) is 0.200. The third-order valence-corrected chi connectivity index (χ3v) is 5.19. The second-order valence-corrected chi connectivity index (χ2v) is 7.31. The molecule has 29 heavy (non-hydrogen) atoms. The van der Waals surface area contributed by atoms with Crippen molar-refractivity contribution < 1.29 is 10.0 Å². The smallest absolute Gasteiger partial charge is 0.270 e. The topological polar surface area (TPSA) is 112 Å². The van der Waals surface area contributed by atoms with E-state index in [9.17, 15) is 20.0 Å². The van der Waals surface area contributed by atoms with Crippen molar-refractivity contribution in [3.63, 3.8) is 0 Å². The SMILES string of the molecule is O=c1[nH]c(-c2ccc(Cl)cc2)nc2c1CCN(Cc1cc([N+](=O)[O-])ccc1O)C2. The van der Waals surface area contributed by atoms with Crippen molar-refractivity contribution >= 4 is 17.3 Å². The lowest BCUT2D eigenvalue weighted by atomic mass is 10.0. The average molecular weight is 413 g/mol. The summed E-state index contributed by atoms with van der Waals surface area (Å²) in [5.41, 5.74) is 2.28. The standard InChI is InChI=1S/C20H17ClN4O4/c21-14-3-1-12(2-4-14)19-22-17-11-24(8-7-16(17)20(27)23-19)10-13-9-15(25(28)29)5-6-18(13)26/h1-6,9,26H,7-8,10-11H2,(H,22,23,27). The molecule has 2 aromatic carbocycles. The Kier molecular flexibility index (Phi) is 5.04. The normalized spacial score (nSPS) is 13.8. The van der Waals surface area contributed by atoms with E-state index in [1.165, 1.54) is 18.2 Å². The van der Waals surface area contributed by atoms with Gasteiger partial charge in [-0.05, 0) is 36.8 Å². The van der Waals surface area contributed by atoms with E-state index in [0.717, 1.165) is 5.56 Å². The fourth-order valence-electron chi connectivity index (χ4n) is 3.43. The molecule has 0 amide bonds. The van der Waals surface area contributed by atoms with Gasteiger partial charge < -0.3 is 10.1 Å². The van der Waals surface area contributed by atoms with Crippen molar-refractivity contribution in [2.45, 2.75) is 19.5 Å². The zero-order chi connectivity index (χ0) is 20.5. The number of phenols is 1. The summed E-state index contributed by atoms with van der Waals surface area (Å²) in [4.78, 5) is 32.5. The number of aromatic amines is 1. The monoisotopic (exact) mass is 412 g/mol. The maximum Gasteiger partial charge on any atom is 0.270 e. The van der Waals surface area contributed by atoms with Crippen molar-refractivity contribution in [1.29, 1.82) is 0 Å². The minimum Gasteiger partial charge on any atom is -0.508 e. The van der Waals surface area contributed by atoms with Gasteiger partial charge in [-0.2, -0.15) is 0 Å². The van der Waals surface area contributed by atoms with Crippen LogP contribution in [0, 0.1) is 10.1 Å². The molecule has 148 valence electrons. The van der Waals surface area contributed by atoms with Crippen LogP contribution in [-0.4, -0.2) is 31.4 Å². The van der Waals surface area contributed by atoms with Crippen LogP contribution in [0.2, 0.25) is 5.02 Å². The van der Waals surface area contributed by atoms with Gasteiger partial charge in [-0.3, -0.25) is 19.8 Å². The lowest BCUT2D eigenvalue weighted by molar-refractivity contribution is -0.385. The summed E-state index contributed by atoms with van der Waals surface area (Å²) in [5, 5.41) is 21.7. The van der Waals surface area contributed by atoms with Gasteiger partial charge in [-0.1, -0.05) is 11.6 Å². The molecule has 3 aromatic rings. The van der Waals surface area contributed by atoms with E-state index in [4.69, 9.17) is 11.6 Å². The number of rotatable bonds is 4. The van der Waals surface area contributed by atoms with E-state index < -0.39 is 4.92 Å². The van der Waals surface area contributed by atoms with Crippen LogP contribution in [0.5, 0.6) is 5.75 Å². The number of phenolic OH excluding ortho intramolecular Hbond substituents is 1. The molecule has 1 aromatic heterocycles. The molecule has 1 aliphatic rings. The Balaban J connectivity index is 1.61. The Morgan fingerprint density at radius 1 is 1.24 bits per heavy atom. The van der Waals surface area contributed by atoms with Crippen LogP contribution >= 0.6 is 11.6 Å². The van der Waals surface area contributed by atoms with Crippen LogP contribution in [0.25, 0.3) is 11.4 Å². The van der Waals surface area contributed by atoms with E-state index in [0.29, 0.717) is 53.7 Å². The van der Waals surface area contributed by atoms with Crippen molar-refractivity contribution in [3.05, 3.63) is 84.8 Å². The van der Waals surface area contributed by atoms with Gasteiger partial charge in [0, 0.05) is 53.5 Å². The molecule has 4 rings (SSSR count). The lowest BCUT2D eigenvalue weighted by Crippen LogP contribution is -2.35. The number of hydrogen-bond acceptors (Lipinski definition) is 6. The molecule has 2 N–H and O–H groups in total. The first-order valence-corrected chi connectivity index (χ1v) is 9.35. The molecule has 2 heterocycles. The van der Waals surface area contributed by atoms with Crippen LogP contribution in [-0.2, 0) is 19.5 Å². The van der Waals surface area contributed by atoms with Crippen molar-refractivity contribution in [1.82, 2.24) is 14.9 Å². The quantitative estimate of drug-likeness (QED) is 0.502. The first-order valence-electron chi connectivity index (χ1n) is 8.97. The number of nitrogens with zero attached hydrogens (tertiary/aromatic N) is 3. The molecule has 1 aliphatic heterocycles. The predicted molar refractivity (Wildman–Crippen MR) is 108 cm³/mol. The maximum atomic E-state index is 12.5. The fourth-order valence-corrected chi connectivity index (χ4v) is 3.55. The Morgan fingerprint density at radius 3 is 2.72 bits per heavy atom. The zero-order valence-electron chi connectivity index (χ0n) is 15.3. The molecule has 0 bridgehead atoms. The second kappa shape index (κ2) is 7.65. The predicted octanol–water partition coefficient (Wildman–Crippen LogP) is 3.26. The van der Waals surface area contributed by atoms with Gasteiger partial charge in [-0.15, -0.1) is 0 Å². The van der Waals surface area contributed by atoms with E-state index in [1.807, 2.05) is 4.90 Å². The van der Waals surface area contributed by atoms with Crippen LogP contribution in [0.4, 0.5) is 5.69 Å². The largest absolute Gasteiger partial charge is 0.508 e. The average Bonchev–Trinajstić information content (AvgIpc) is 2.69. The van der Waals surface area contributed by atoms with E-state index in [1.54, 1.807) is 24.3 Å². The number of H-pyrrole nitrogens is 1. The highest BCUT2D eigenvalue weighted by Crippen LogP contribution is 2.26. The number of aromatic nitrogens is 2. The number of nitrogens with one attached hydrogen (secondary N) is 1. The van der Waals surface area contributed by atoms with Gasteiger partial charge >= 0.3 is 0 Å². The van der Waals surface area contributed by atoms with Gasteiger partial charge in [-0.25, -0.2) is 4.98 Å². The molecule has 8 nitrogen and oxygen atoms in total. The van der Waals surface area contributed by atoms with Gasteiger partial charge in [0.05, 0.1) is 10.6 Å². The maximum absolute atomic E-state index is 12.5. The summed E-state index contributed by atoms with van der Waals surface area (Å²) >= 11 is 5.92. The molecule has 0 spiro atoms. The number of benzene rings is 2. The molecule has 9 heteroatoms. The summed E-state index contributed by atoms with van der Waals surface area (Å²) in [6, 6.07) is 11.0. The molecule has 0 saturated carbocycles. The van der Waals surface area contributed by atoms with Crippen LogP contribution < -0.4 is 5.56 Å². The van der Waals surface area contributed by atoms with Crippen LogP contribution in [0.15, 0.2) is 47.3 Å². The number of hydrogen-bond donors (Lipinski definition) is 2. The first-order chi connectivity index (χ1) is 13.9. The number of non-ortho nitro benzene ring substituents is 1. The minimum atomic E-state index is -0.492. The number of nitro groups is 1. The molecular formula is C20H17ClN4O4. The highest BCUT2D eigenvalue weighted by Gasteiger charge is 2.23. The summed E-state index contributed by atoms with van der Waals surface area (Å²) in [5.74, 6) is 0.465. The van der Waals surface area contributed by atoms with Crippen molar-refractivity contribution in [2.24, 2.45) is 0 Å². The van der Waals surface area contributed by atoms with E-state index in [-0.39, 0.29) is 17.0 Å². The Bertz CT molecular complexity index is 1140. The second-order valence-electron chi connectivity index (χ2n) is 6.88. The molecule has 0 aliphatic carbocycles. The molecule has 0 atom stereocenters. The van der Waals surface area contributed by atoms with Gasteiger partial charge in [0.2, 0.25) is 0 Å². The van der Waals surface area contributed by atoms with E-state index >= 15 is 0 Å². The number of aromatic hydroxyl groups is 1. The van der Waals surface area contributed by atoms with Gasteiger partial charge in [0.25, 0.3) is 11.2 Å². The molecule has 0 unspecified atom stereocenters. The molecular weight excluding hydrogens is 396 g/mol. The van der Waals surface area contributed by atoms with Crippen molar-refractivity contribution in [2.75, 3.05) is 6.54 Å². The Hall–Kier alpha value is -3.23.